The molecule has 0 amide bonds. The standard InChI is InChI=1S/C17H16F3NO4S/c18-17(19,20)26(22,23)25-16-7-3-14(4-8-16)13-1-5-15(6-2-13)21-9-11-24-12-10-21/h1-8H,9-12H2. The van der Waals surface area contributed by atoms with Crippen LogP contribution in [0.25, 0.3) is 11.1 Å². The Morgan fingerprint density at radius 2 is 1.38 bits per heavy atom. The molecule has 0 N–H and O–H groups in total. The third kappa shape index (κ3) is 4.10. The number of hydrogen-bond acceptors (Lipinski definition) is 5. The predicted octanol–water partition coefficient (Wildman–Crippen LogP) is 3.42. The molecule has 0 bridgehead atoms. The molecule has 1 aliphatic heterocycles. The van der Waals surface area contributed by atoms with E-state index in [2.05, 4.69) is 9.08 Å². The molecule has 0 radical (unpaired) electrons. The highest BCUT2D eigenvalue weighted by molar-refractivity contribution is 7.88. The molecule has 9 heteroatoms. The summed E-state index contributed by atoms with van der Waals surface area (Å²) in [5.41, 5.74) is -2.81. The minimum atomic E-state index is -5.66. The van der Waals surface area contributed by atoms with Gasteiger partial charge in [-0.3, -0.25) is 0 Å². The molecular formula is C17H16F3NO4S. The van der Waals surface area contributed by atoms with Gasteiger partial charge in [-0.1, -0.05) is 24.3 Å². The van der Waals surface area contributed by atoms with Crippen LogP contribution in [0.1, 0.15) is 0 Å². The summed E-state index contributed by atoms with van der Waals surface area (Å²) >= 11 is 0. The molecule has 3 rings (SSSR count). The molecule has 140 valence electrons. The Morgan fingerprint density at radius 1 is 0.885 bits per heavy atom. The SMILES string of the molecule is O=S(=O)(Oc1ccc(-c2ccc(N3CCOCC3)cc2)cc1)C(F)(F)F. The van der Waals surface area contributed by atoms with Crippen molar-refractivity contribution in [3.63, 3.8) is 0 Å². The van der Waals surface area contributed by atoms with Gasteiger partial charge in [0.05, 0.1) is 13.2 Å². The monoisotopic (exact) mass is 387 g/mol. The zero-order valence-corrected chi connectivity index (χ0v) is 14.4. The third-order valence-corrected chi connectivity index (χ3v) is 4.90. The first-order valence-corrected chi connectivity index (χ1v) is 9.21. The number of anilines is 1. The van der Waals surface area contributed by atoms with Gasteiger partial charge in [0.2, 0.25) is 0 Å². The van der Waals surface area contributed by atoms with Crippen LogP contribution in [-0.4, -0.2) is 40.2 Å². The van der Waals surface area contributed by atoms with E-state index >= 15 is 0 Å². The van der Waals surface area contributed by atoms with Gasteiger partial charge in [-0.25, -0.2) is 0 Å². The largest absolute Gasteiger partial charge is 0.534 e. The number of benzene rings is 2. The molecule has 2 aromatic rings. The lowest BCUT2D eigenvalue weighted by molar-refractivity contribution is -0.0500. The fourth-order valence-electron chi connectivity index (χ4n) is 2.56. The van der Waals surface area contributed by atoms with E-state index < -0.39 is 21.4 Å². The van der Waals surface area contributed by atoms with Crippen molar-refractivity contribution in [1.29, 1.82) is 0 Å². The summed E-state index contributed by atoms with van der Waals surface area (Å²) in [6.45, 7) is 3.01. The molecule has 0 aromatic heterocycles. The van der Waals surface area contributed by atoms with Crippen LogP contribution in [0.4, 0.5) is 18.9 Å². The van der Waals surface area contributed by atoms with Crippen LogP contribution in [-0.2, 0) is 14.9 Å². The highest BCUT2D eigenvalue weighted by atomic mass is 32.2. The number of morpholine rings is 1. The first-order valence-electron chi connectivity index (χ1n) is 7.80. The van der Waals surface area contributed by atoms with E-state index in [9.17, 15) is 21.6 Å². The first kappa shape index (κ1) is 18.5. The van der Waals surface area contributed by atoms with Crippen molar-refractivity contribution in [1.82, 2.24) is 0 Å². The van der Waals surface area contributed by atoms with E-state index in [1.54, 1.807) is 0 Å². The molecule has 0 spiro atoms. The van der Waals surface area contributed by atoms with Crippen LogP contribution in [0.5, 0.6) is 5.75 Å². The fourth-order valence-corrected chi connectivity index (χ4v) is 3.02. The second-order valence-corrected chi connectivity index (χ2v) is 7.19. The lowest BCUT2D eigenvalue weighted by atomic mass is 10.1. The van der Waals surface area contributed by atoms with Gasteiger partial charge >= 0.3 is 15.6 Å². The Bertz CT molecular complexity index is 843. The van der Waals surface area contributed by atoms with E-state index in [1.807, 2.05) is 24.3 Å². The Kier molecular flexibility index (Phi) is 5.10. The zero-order valence-electron chi connectivity index (χ0n) is 13.6. The summed E-state index contributed by atoms with van der Waals surface area (Å²) < 4.78 is 68.4. The van der Waals surface area contributed by atoms with Gasteiger partial charge in [-0.15, -0.1) is 0 Å². The van der Waals surface area contributed by atoms with Crippen molar-refractivity contribution in [3.8, 4) is 16.9 Å². The number of rotatable bonds is 4. The molecule has 0 aliphatic carbocycles. The highest BCUT2D eigenvalue weighted by Crippen LogP contribution is 2.29. The van der Waals surface area contributed by atoms with Gasteiger partial charge in [0.1, 0.15) is 5.75 Å². The van der Waals surface area contributed by atoms with Gasteiger partial charge in [0.15, 0.2) is 0 Å². The average Bonchev–Trinajstić information content (AvgIpc) is 2.62. The smallest absolute Gasteiger partial charge is 0.378 e. The predicted molar refractivity (Wildman–Crippen MR) is 90.5 cm³/mol. The molecular weight excluding hydrogens is 371 g/mol. The molecule has 1 aliphatic rings. The summed E-state index contributed by atoms with van der Waals surface area (Å²) in [6.07, 6.45) is 0. The van der Waals surface area contributed by atoms with Crippen molar-refractivity contribution in [3.05, 3.63) is 48.5 Å². The second kappa shape index (κ2) is 7.16. The zero-order chi connectivity index (χ0) is 18.8. The molecule has 5 nitrogen and oxygen atoms in total. The minimum absolute atomic E-state index is 0.393. The number of nitrogens with zero attached hydrogens (tertiary/aromatic N) is 1. The molecule has 0 saturated carbocycles. The van der Waals surface area contributed by atoms with Crippen molar-refractivity contribution in [2.24, 2.45) is 0 Å². The van der Waals surface area contributed by atoms with Crippen LogP contribution in [0.15, 0.2) is 48.5 Å². The van der Waals surface area contributed by atoms with E-state index in [-0.39, 0.29) is 0 Å². The minimum Gasteiger partial charge on any atom is -0.378 e. The topological polar surface area (TPSA) is 55.8 Å². The molecule has 2 aromatic carbocycles. The first-order chi connectivity index (χ1) is 12.3. The summed E-state index contributed by atoms with van der Waals surface area (Å²) in [4.78, 5) is 2.20. The van der Waals surface area contributed by atoms with Crippen LogP contribution in [0, 0.1) is 0 Å². The van der Waals surface area contributed by atoms with E-state index in [4.69, 9.17) is 4.74 Å². The molecule has 0 atom stereocenters. The normalized spacial score (nSPS) is 15.7. The van der Waals surface area contributed by atoms with E-state index in [0.29, 0.717) is 13.2 Å². The van der Waals surface area contributed by atoms with Crippen molar-refractivity contribution in [2.45, 2.75) is 5.51 Å². The Morgan fingerprint density at radius 3 is 1.88 bits per heavy atom. The summed E-state index contributed by atoms with van der Waals surface area (Å²) in [5.74, 6) is -0.393. The average molecular weight is 387 g/mol. The van der Waals surface area contributed by atoms with E-state index in [1.165, 1.54) is 24.3 Å². The van der Waals surface area contributed by atoms with Gasteiger partial charge in [0.25, 0.3) is 0 Å². The molecule has 0 unspecified atom stereocenters. The maximum absolute atomic E-state index is 12.3. The summed E-state index contributed by atoms with van der Waals surface area (Å²) in [5, 5.41) is 0. The summed E-state index contributed by atoms with van der Waals surface area (Å²) in [6, 6.07) is 13.1. The quantitative estimate of drug-likeness (QED) is 0.594. The fraction of sp³-hybridized carbons (Fsp3) is 0.294. The molecule has 1 heterocycles. The van der Waals surface area contributed by atoms with Crippen LogP contribution in [0.2, 0.25) is 0 Å². The second-order valence-electron chi connectivity index (χ2n) is 5.65. The van der Waals surface area contributed by atoms with Gasteiger partial charge < -0.3 is 13.8 Å². The van der Waals surface area contributed by atoms with Crippen molar-refractivity contribution >= 4 is 15.8 Å². The van der Waals surface area contributed by atoms with Crippen LogP contribution < -0.4 is 9.08 Å². The lowest BCUT2D eigenvalue weighted by Gasteiger charge is -2.28. The molecule has 26 heavy (non-hydrogen) atoms. The van der Waals surface area contributed by atoms with Crippen molar-refractivity contribution < 1.29 is 30.5 Å². The van der Waals surface area contributed by atoms with Crippen molar-refractivity contribution in [2.75, 3.05) is 31.2 Å². The molecule has 1 fully saturated rings. The molecule has 1 saturated heterocycles. The number of alkyl halides is 3. The van der Waals surface area contributed by atoms with Gasteiger partial charge in [-0.2, -0.15) is 21.6 Å². The maximum Gasteiger partial charge on any atom is 0.534 e. The maximum atomic E-state index is 12.3. The van der Waals surface area contributed by atoms with Crippen LogP contribution >= 0.6 is 0 Å². The Labute approximate surface area is 149 Å². The van der Waals surface area contributed by atoms with Gasteiger partial charge in [-0.05, 0) is 35.4 Å². The lowest BCUT2D eigenvalue weighted by Crippen LogP contribution is -2.36. The van der Waals surface area contributed by atoms with E-state index in [0.717, 1.165) is 29.9 Å². The number of ether oxygens (including phenoxy) is 1. The van der Waals surface area contributed by atoms with Crippen LogP contribution in [0.3, 0.4) is 0 Å². The highest BCUT2D eigenvalue weighted by Gasteiger charge is 2.48. The Balaban J connectivity index is 1.72. The number of hydrogen-bond donors (Lipinski definition) is 0. The number of halogens is 3. The Hall–Kier alpha value is -2.26. The van der Waals surface area contributed by atoms with Gasteiger partial charge in [0, 0.05) is 18.8 Å². The summed E-state index contributed by atoms with van der Waals surface area (Å²) in [7, 11) is -5.66. The third-order valence-electron chi connectivity index (χ3n) is 3.92.